The first-order valence-electron chi connectivity index (χ1n) is 11.3. The Morgan fingerprint density at radius 2 is 1.78 bits per heavy atom. The van der Waals surface area contributed by atoms with Crippen LogP contribution in [0.4, 0.5) is 13.2 Å². The Hall–Kier alpha value is -3.54. The molecule has 1 heterocycles. The van der Waals surface area contributed by atoms with Crippen molar-refractivity contribution in [3.63, 3.8) is 0 Å². The normalized spacial score (nSPS) is 11.9. The molecule has 198 valence electrons. The van der Waals surface area contributed by atoms with Crippen molar-refractivity contribution in [1.82, 2.24) is 14.3 Å². The zero-order valence-electron chi connectivity index (χ0n) is 20.4. The molecular formula is C25H26F3N3O5S. The monoisotopic (exact) mass is 537 g/mol. The van der Waals surface area contributed by atoms with E-state index in [1.54, 1.807) is 26.0 Å². The van der Waals surface area contributed by atoms with Gasteiger partial charge in [0.05, 0.1) is 17.7 Å². The maximum atomic E-state index is 13.0. The van der Waals surface area contributed by atoms with Crippen LogP contribution >= 0.6 is 11.8 Å². The minimum absolute atomic E-state index is 0.169. The Balaban J connectivity index is 1.73. The van der Waals surface area contributed by atoms with Crippen molar-refractivity contribution in [3.8, 4) is 0 Å². The van der Waals surface area contributed by atoms with E-state index in [0.29, 0.717) is 17.9 Å². The van der Waals surface area contributed by atoms with Crippen LogP contribution in [0.15, 0.2) is 58.2 Å². The van der Waals surface area contributed by atoms with Gasteiger partial charge in [-0.1, -0.05) is 19.1 Å². The molecule has 3 aromatic rings. The van der Waals surface area contributed by atoms with E-state index in [0.717, 1.165) is 28.6 Å². The first-order valence-corrected chi connectivity index (χ1v) is 12.2. The first kappa shape index (κ1) is 28.0. The number of nitrogens with zero attached hydrogens (tertiary/aromatic N) is 3. The fraction of sp³-hybridized carbons (Fsp3) is 0.360. The van der Waals surface area contributed by atoms with Gasteiger partial charge in [-0.25, -0.2) is 14.3 Å². The summed E-state index contributed by atoms with van der Waals surface area (Å²) in [5, 5.41) is 13.5. The summed E-state index contributed by atoms with van der Waals surface area (Å²) in [6.07, 6.45) is -3.92. The van der Waals surface area contributed by atoms with Crippen LogP contribution in [0.3, 0.4) is 0 Å². The minimum atomic E-state index is -4.51. The van der Waals surface area contributed by atoms with Crippen molar-refractivity contribution in [2.45, 2.75) is 62.7 Å². The van der Waals surface area contributed by atoms with Gasteiger partial charge in [0.25, 0.3) is 0 Å². The molecule has 3 rings (SSSR count). The number of halogens is 3. The lowest BCUT2D eigenvalue weighted by Crippen LogP contribution is -2.26. The number of carbonyl (C=O) groups excluding carboxylic acids is 1. The SMILES string of the molecule is CCCn1c(COC(=O)c2ccc(SC(C)(C)C(=O)O)cc2)nn(Cc2cccc(C(F)(F)F)c2)c1=O. The molecule has 0 saturated heterocycles. The van der Waals surface area contributed by atoms with Gasteiger partial charge in [-0.3, -0.25) is 9.36 Å². The average Bonchev–Trinajstić information content (AvgIpc) is 3.11. The lowest BCUT2D eigenvalue weighted by molar-refractivity contribution is -0.139. The molecular weight excluding hydrogens is 511 g/mol. The molecule has 0 atom stereocenters. The summed E-state index contributed by atoms with van der Waals surface area (Å²) in [4.78, 5) is 37.4. The molecule has 1 aromatic heterocycles. The number of carboxylic acids is 1. The van der Waals surface area contributed by atoms with E-state index in [1.165, 1.54) is 28.8 Å². The predicted molar refractivity (Wildman–Crippen MR) is 130 cm³/mol. The van der Waals surface area contributed by atoms with Gasteiger partial charge in [0, 0.05) is 11.4 Å². The van der Waals surface area contributed by atoms with E-state index >= 15 is 0 Å². The molecule has 0 aliphatic rings. The summed E-state index contributed by atoms with van der Waals surface area (Å²) >= 11 is 1.13. The number of carboxylic acid groups (broad SMARTS) is 1. The molecule has 0 radical (unpaired) electrons. The second kappa shape index (κ2) is 11.2. The van der Waals surface area contributed by atoms with Gasteiger partial charge in [0.15, 0.2) is 12.4 Å². The summed E-state index contributed by atoms with van der Waals surface area (Å²) in [5.41, 5.74) is -0.861. The van der Waals surface area contributed by atoms with Crippen LogP contribution < -0.4 is 5.69 Å². The van der Waals surface area contributed by atoms with Crippen LogP contribution in [0.5, 0.6) is 0 Å². The number of esters is 1. The highest BCUT2D eigenvalue weighted by atomic mass is 32.2. The van der Waals surface area contributed by atoms with Gasteiger partial charge in [-0.15, -0.1) is 11.8 Å². The number of carbonyl (C=O) groups is 2. The summed E-state index contributed by atoms with van der Waals surface area (Å²) in [6, 6.07) is 10.9. The van der Waals surface area contributed by atoms with E-state index in [4.69, 9.17) is 4.74 Å². The van der Waals surface area contributed by atoms with Crippen molar-refractivity contribution >= 4 is 23.7 Å². The summed E-state index contributed by atoms with van der Waals surface area (Å²) < 4.78 is 45.8. The number of ether oxygens (including phenoxy) is 1. The highest BCUT2D eigenvalue weighted by molar-refractivity contribution is 8.01. The molecule has 8 nitrogen and oxygen atoms in total. The largest absolute Gasteiger partial charge is 0.480 e. The molecule has 37 heavy (non-hydrogen) atoms. The maximum absolute atomic E-state index is 13.0. The van der Waals surface area contributed by atoms with Crippen LogP contribution in [-0.2, 0) is 35.4 Å². The van der Waals surface area contributed by atoms with Crippen molar-refractivity contribution in [2.24, 2.45) is 0 Å². The first-order chi connectivity index (χ1) is 17.3. The number of thioether (sulfide) groups is 1. The smallest absolute Gasteiger partial charge is 0.416 e. The van der Waals surface area contributed by atoms with Crippen molar-refractivity contribution in [1.29, 1.82) is 0 Å². The number of aromatic nitrogens is 3. The van der Waals surface area contributed by atoms with Gasteiger partial charge in [0.1, 0.15) is 4.75 Å². The second-order valence-electron chi connectivity index (χ2n) is 8.72. The standard InChI is InChI=1S/C25H26F3N3O5S/c1-4-12-30-20(29-31(23(30)35)14-16-6-5-7-18(13-16)25(26,27)28)15-36-21(32)17-8-10-19(11-9-17)37-24(2,3)22(33)34/h5-11,13H,4,12,14-15H2,1-3H3,(H,33,34). The third-order valence-electron chi connectivity index (χ3n) is 5.34. The summed E-state index contributed by atoms with van der Waals surface area (Å²) in [7, 11) is 0. The number of rotatable bonds is 10. The molecule has 2 aromatic carbocycles. The summed E-state index contributed by atoms with van der Waals surface area (Å²) in [5.74, 6) is -1.47. The molecule has 0 aliphatic carbocycles. The number of benzene rings is 2. The van der Waals surface area contributed by atoms with Gasteiger partial charge < -0.3 is 9.84 Å². The van der Waals surface area contributed by atoms with Crippen LogP contribution in [0.1, 0.15) is 54.5 Å². The van der Waals surface area contributed by atoms with Crippen molar-refractivity contribution in [3.05, 3.63) is 81.5 Å². The maximum Gasteiger partial charge on any atom is 0.416 e. The molecule has 12 heteroatoms. The molecule has 0 amide bonds. The van der Waals surface area contributed by atoms with Crippen LogP contribution in [0, 0.1) is 0 Å². The zero-order chi connectivity index (χ0) is 27.4. The average molecular weight is 538 g/mol. The Bertz CT molecular complexity index is 1330. The second-order valence-corrected chi connectivity index (χ2v) is 10.4. The third-order valence-corrected chi connectivity index (χ3v) is 6.54. The van der Waals surface area contributed by atoms with Gasteiger partial charge in [-0.2, -0.15) is 18.3 Å². The Kier molecular flexibility index (Phi) is 8.52. The molecule has 0 bridgehead atoms. The van der Waals surface area contributed by atoms with Gasteiger partial charge in [-0.05, 0) is 62.2 Å². The minimum Gasteiger partial charge on any atom is -0.480 e. The van der Waals surface area contributed by atoms with Gasteiger partial charge >= 0.3 is 23.8 Å². The van der Waals surface area contributed by atoms with Crippen LogP contribution in [0.2, 0.25) is 0 Å². The topological polar surface area (TPSA) is 103 Å². The van der Waals surface area contributed by atoms with Crippen molar-refractivity contribution in [2.75, 3.05) is 0 Å². The quantitative estimate of drug-likeness (QED) is 0.292. The Morgan fingerprint density at radius 3 is 2.38 bits per heavy atom. The predicted octanol–water partition coefficient (Wildman–Crippen LogP) is 4.83. The Labute approximate surface area is 215 Å². The van der Waals surface area contributed by atoms with E-state index in [2.05, 4.69) is 5.10 Å². The Morgan fingerprint density at radius 1 is 1.11 bits per heavy atom. The fourth-order valence-electron chi connectivity index (χ4n) is 3.37. The molecule has 0 saturated carbocycles. The highest BCUT2D eigenvalue weighted by Crippen LogP contribution is 2.33. The van der Waals surface area contributed by atoms with Gasteiger partial charge in [0.2, 0.25) is 0 Å². The zero-order valence-corrected chi connectivity index (χ0v) is 21.2. The van der Waals surface area contributed by atoms with E-state index < -0.39 is 34.1 Å². The fourth-order valence-corrected chi connectivity index (χ4v) is 4.32. The van der Waals surface area contributed by atoms with Crippen LogP contribution in [-0.4, -0.2) is 36.1 Å². The third kappa shape index (κ3) is 7.03. The lowest BCUT2D eigenvalue weighted by atomic mass is 10.1. The van der Waals surface area contributed by atoms with E-state index in [-0.39, 0.29) is 30.1 Å². The highest BCUT2D eigenvalue weighted by Gasteiger charge is 2.30. The number of hydrogen-bond donors (Lipinski definition) is 1. The molecule has 0 fully saturated rings. The van der Waals surface area contributed by atoms with E-state index in [9.17, 15) is 32.7 Å². The van der Waals surface area contributed by atoms with E-state index in [1.807, 2.05) is 6.92 Å². The van der Waals surface area contributed by atoms with Crippen molar-refractivity contribution < 1.29 is 32.6 Å². The molecule has 0 spiro atoms. The molecule has 0 aliphatic heterocycles. The number of alkyl halides is 3. The molecule has 0 unspecified atom stereocenters. The number of hydrogen-bond acceptors (Lipinski definition) is 6. The van der Waals surface area contributed by atoms with Crippen LogP contribution in [0.25, 0.3) is 0 Å². The molecule has 1 N–H and O–H groups in total. The lowest BCUT2D eigenvalue weighted by Gasteiger charge is -2.18. The number of aliphatic carboxylic acids is 1. The summed E-state index contributed by atoms with van der Waals surface area (Å²) in [6.45, 7) is 4.80.